The maximum Gasteiger partial charge on any atom is 0.141 e. The Morgan fingerprint density at radius 3 is 2.88 bits per heavy atom. The molecular formula is C12H18N4S. The third-order valence-corrected chi connectivity index (χ3v) is 3.70. The number of aryl methyl sites for hydroxylation is 1. The molecule has 17 heavy (non-hydrogen) atoms. The highest BCUT2D eigenvalue weighted by Gasteiger charge is 2.07. The summed E-state index contributed by atoms with van der Waals surface area (Å²) in [6.45, 7) is 8.03. The van der Waals surface area contributed by atoms with Crippen molar-refractivity contribution >= 4 is 11.3 Å². The molecule has 2 rings (SSSR count). The van der Waals surface area contributed by atoms with E-state index in [0.717, 1.165) is 18.9 Å². The molecule has 0 aromatic carbocycles. The Morgan fingerprint density at radius 1 is 1.41 bits per heavy atom. The monoisotopic (exact) mass is 250 g/mol. The second-order valence-electron chi connectivity index (χ2n) is 4.34. The van der Waals surface area contributed by atoms with Crippen LogP contribution < -0.4 is 5.32 Å². The first-order valence-corrected chi connectivity index (χ1v) is 6.68. The highest BCUT2D eigenvalue weighted by atomic mass is 32.1. The summed E-state index contributed by atoms with van der Waals surface area (Å²) in [7, 11) is 0. The molecule has 2 aromatic rings. The van der Waals surface area contributed by atoms with Gasteiger partial charge in [-0.15, -0.1) is 11.3 Å². The van der Waals surface area contributed by atoms with Crippen molar-refractivity contribution in [3.8, 4) is 0 Å². The van der Waals surface area contributed by atoms with Crippen molar-refractivity contribution < 1.29 is 0 Å². The van der Waals surface area contributed by atoms with Crippen molar-refractivity contribution in [2.45, 2.75) is 39.9 Å². The van der Waals surface area contributed by atoms with E-state index < -0.39 is 0 Å². The highest BCUT2D eigenvalue weighted by molar-refractivity contribution is 7.10. The van der Waals surface area contributed by atoms with Crippen LogP contribution in [-0.2, 0) is 13.1 Å². The van der Waals surface area contributed by atoms with E-state index in [9.17, 15) is 0 Å². The van der Waals surface area contributed by atoms with Crippen LogP contribution in [0.2, 0.25) is 0 Å². The standard InChI is InChI=1S/C12H18N4S/c1-9(2)16-12(14-8-15-16)7-13-6-11-10(3)4-5-17-11/h4-5,8-9,13H,6-7H2,1-3H3. The van der Waals surface area contributed by atoms with Crippen LogP contribution >= 0.6 is 11.3 Å². The van der Waals surface area contributed by atoms with Gasteiger partial charge in [0, 0.05) is 17.5 Å². The van der Waals surface area contributed by atoms with Crippen LogP contribution in [0.1, 0.15) is 36.2 Å². The van der Waals surface area contributed by atoms with Crippen LogP contribution in [0, 0.1) is 6.92 Å². The summed E-state index contributed by atoms with van der Waals surface area (Å²) in [4.78, 5) is 5.66. The first kappa shape index (κ1) is 12.3. The van der Waals surface area contributed by atoms with E-state index in [4.69, 9.17) is 0 Å². The molecule has 0 aliphatic heterocycles. The Morgan fingerprint density at radius 2 is 2.24 bits per heavy atom. The van der Waals surface area contributed by atoms with E-state index in [-0.39, 0.29) is 0 Å². The maximum absolute atomic E-state index is 4.27. The second-order valence-corrected chi connectivity index (χ2v) is 5.35. The van der Waals surface area contributed by atoms with E-state index in [1.807, 2.05) is 4.68 Å². The molecule has 0 saturated carbocycles. The van der Waals surface area contributed by atoms with E-state index in [0.29, 0.717) is 6.04 Å². The van der Waals surface area contributed by atoms with Gasteiger partial charge in [0.15, 0.2) is 0 Å². The van der Waals surface area contributed by atoms with Gasteiger partial charge in [0.05, 0.1) is 6.54 Å². The Bertz CT molecular complexity index is 472. The molecule has 2 heterocycles. The van der Waals surface area contributed by atoms with Crippen molar-refractivity contribution in [1.29, 1.82) is 0 Å². The maximum atomic E-state index is 4.27. The third kappa shape index (κ3) is 2.92. The lowest BCUT2D eigenvalue weighted by atomic mass is 10.3. The second kappa shape index (κ2) is 5.42. The fourth-order valence-corrected chi connectivity index (χ4v) is 2.58. The van der Waals surface area contributed by atoms with E-state index in [1.165, 1.54) is 10.4 Å². The van der Waals surface area contributed by atoms with E-state index >= 15 is 0 Å². The summed E-state index contributed by atoms with van der Waals surface area (Å²) in [5.74, 6) is 0.995. The predicted molar refractivity (Wildman–Crippen MR) is 70.0 cm³/mol. The van der Waals surface area contributed by atoms with Gasteiger partial charge in [-0.25, -0.2) is 9.67 Å². The molecule has 0 bridgehead atoms. The van der Waals surface area contributed by atoms with Crippen LogP contribution in [0.4, 0.5) is 0 Å². The lowest BCUT2D eigenvalue weighted by molar-refractivity contribution is 0.490. The van der Waals surface area contributed by atoms with Gasteiger partial charge in [0.25, 0.3) is 0 Å². The van der Waals surface area contributed by atoms with Gasteiger partial charge in [-0.3, -0.25) is 0 Å². The minimum absolute atomic E-state index is 0.359. The van der Waals surface area contributed by atoms with Crippen molar-refractivity contribution in [3.05, 3.63) is 34.0 Å². The molecule has 0 aliphatic rings. The Balaban J connectivity index is 1.90. The lowest BCUT2D eigenvalue weighted by Crippen LogP contribution is -2.18. The van der Waals surface area contributed by atoms with Gasteiger partial charge in [0.1, 0.15) is 12.2 Å². The normalized spacial score (nSPS) is 11.3. The summed E-state index contributed by atoms with van der Waals surface area (Å²) in [6.07, 6.45) is 1.62. The third-order valence-electron chi connectivity index (χ3n) is 2.67. The van der Waals surface area contributed by atoms with Gasteiger partial charge in [-0.2, -0.15) is 5.10 Å². The molecule has 0 amide bonds. The number of nitrogens with one attached hydrogen (secondary N) is 1. The topological polar surface area (TPSA) is 42.7 Å². The minimum atomic E-state index is 0.359. The van der Waals surface area contributed by atoms with E-state index in [2.05, 4.69) is 47.6 Å². The molecular weight excluding hydrogens is 232 g/mol. The average molecular weight is 250 g/mol. The molecule has 0 spiro atoms. The average Bonchev–Trinajstić information content (AvgIpc) is 2.88. The molecule has 92 valence electrons. The fraction of sp³-hybridized carbons (Fsp3) is 0.500. The van der Waals surface area contributed by atoms with E-state index in [1.54, 1.807) is 17.7 Å². The van der Waals surface area contributed by atoms with Crippen molar-refractivity contribution in [2.75, 3.05) is 0 Å². The summed E-state index contributed by atoms with van der Waals surface area (Å²) in [5.41, 5.74) is 1.35. The van der Waals surface area contributed by atoms with Crippen LogP contribution in [-0.4, -0.2) is 14.8 Å². The van der Waals surface area contributed by atoms with Gasteiger partial charge < -0.3 is 5.32 Å². The summed E-state index contributed by atoms with van der Waals surface area (Å²) in [6, 6.07) is 2.51. The highest BCUT2D eigenvalue weighted by Crippen LogP contribution is 2.15. The molecule has 0 radical (unpaired) electrons. The Labute approximate surface area is 106 Å². The first-order valence-electron chi connectivity index (χ1n) is 5.80. The molecule has 0 unspecified atom stereocenters. The summed E-state index contributed by atoms with van der Waals surface area (Å²) >= 11 is 1.79. The van der Waals surface area contributed by atoms with Crippen molar-refractivity contribution in [3.63, 3.8) is 0 Å². The van der Waals surface area contributed by atoms with Gasteiger partial charge in [-0.1, -0.05) is 0 Å². The van der Waals surface area contributed by atoms with Gasteiger partial charge in [-0.05, 0) is 37.8 Å². The summed E-state index contributed by atoms with van der Waals surface area (Å²) in [5, 5.41) is 9.76. The molecule has 0 fully saturated rings. The molecule has 0 atom stereocenters. The number of rotatable bonds is 5. The minimum Gasteiger partial charge on any atom is -0.305 e. The summed E-state index contributed by atoms with van der Waals surface area (Å²) < 4.78 is 1.95. The first-order chi connectivity index (χ1) is 8.18. The number of hydrogen-bond donors (Lipinski definition) is 1. The molecule has 0 aliphatic carbocycles. The lowest BCUT2D eigenvalue weighted by Gasteiger charge is -2.09. The van der Waals surface area contributed by atoms with Crippen LogP contribution in [0.5, 0.6) is 0 Å². The number of nitrogens with zero attached hydrogens (tertiary/aromatic N) is 3. The van der Waals surface area contributed by atoms with Crippen LogP contribution in [0.25, 0.3) is 0 Å². The van der Waals surface area contributed by atoms with Gasteiger partial charge >= 0.3 is 0 Å². The molecule has 1 N–H and O–H groups in total. The molecule has 4 nitrogen and oxygen atoms in total. The smallest absolute Gasteiger partial charge is 0.141 e. The van der Waals surface area contributed by atoms with Crippen molar-refractivity contribution in [1.82, 2.24) is 20.1 Å². The van der Waals surface area contributed by atoms with Crippen molar-refractivity contribution in [2.24, 2.45) is 0 Å². The van der Waals surface area contributed by atoms with Crippen LogP contribution in [0.3, 0.4) is 0 Å². The predicted octanol–water partition coefficient (Wildman–Crippen LogP) is 2.52. The Kier molecular flexibility index (Phi) is 3.91. The number of thiophene rings is 1. The Hall–Kier alpha value is -1.20. The largest absolute Gasteiger partial charge is 0.305 e. The zero-order valence-electron chi connectivity index (χ0n) is 10.5. The molecule has 2 aromatic heterocycles. The zero-order valence-corrected chi connectivity index (χ0v) is 11.3. The zero-order chi connectivity index (χ0) is 12.3. The molecule has 0 saturated heterocycles. The molecule has 5 heteroatoms. The quantitative estimate of drug-likeness (QED) is 0.886. The fourth-order valence-electron chi connectivity index (χ4n) is 1.70. The van der Waals surface area contributed by atoms with Crippen LogP contribution in [0.15, 0.2) is 17.8 Å². The van der Waals surface area contributed by atoms with Gasteiger partial charge in [0.2, 0.25) is 0 Å². The SMILES string of the molecule is Cc1ccsc1CNCc1ncnn1C(C)C. The number of aromatic nitrogens is 3. The number of hydrogen-bond acceptors (Lipinski definition) is 4.